The maximum atomic E-state index is 6.22. The monoisotopic (exact) mass is 278 g/mol. The van der Waals surface area contributed by atoms with Crippen molar-refractivity contribution in [3.05, 3.63) is 36.2 Å². The molecule has 0 aliphatic rings. The van der Waals surface area contributed by atoms with E-state index in [1.54, 1.807) is 0 Å². The highest BCUT2D eigenvalue weighted by Crippen LogP contribution is 2.27. The second-order valence-corrected chi connectivity index (χ2v) is 5.37. The molecular weight excluding hydrogens is 260 g/mol. The minimum Gasteiger partial charge on any atom is -0.494 e. The number of nitrogens with zero attached hydrogens (tertiary/aromatic N) is 2. The first-order chi connectivity index (χ1) is 9.02. The maximum absolute atomic E-state index is 6.22. The molecule has 1 heterocycles. The number of rotatable bonds is 5. The Balaban J connectivity index is 2.56. The van der Waals surface area contributed by atoms with E-state index in [4.69, 9.17) is 16.3 Å². The highest BCUT2D eigenvalue weighted by molar-refractivity contribution is 6.20. The van der Waals surface area contributed by atoms with Crippen molar-refractivity contribution in [1.82, 2.24) is 9.55 Å². The van der Waals surface area contributed by atoms with Crippen LogP contribution in [0, 0.1) is 0 Å². The molecule has 1 unspecified atom stereocenters. The first-order valence-electron chi connectivity index (χ1n) is 6.44. The van der Waals surface area contributed by atoms with Gasteiger partial charge in [-0.25, -0.2) is 4.98 Å². The molecule has 0 fully saturated rings. The molecule has 4 heteroatoms. The fourth-order valence-corrected chi connectivity index (χ4v) is 2.29. The fourth-order valence-electron chi connectivity index (χ4n) is 2.12. The minimum atomic E-state index is -0.137. The molecule has 0 saturated heterocycles. The first kappa shape index (κ1) is 13.9. The van der Waals surface area contributed by atoms with Gasteiger partial charge in [0.25, 0.3) is 0 Å². The first-order valence-corrected chi connectivity index (χ1v) is 6.88. The van der Waals surface area contributed by atoms with Crippen molar-refractivity contribution < 1.29 is 4.74 Å². The normalized spacial score (nSPS) is 12.6. The maximum Gasteiger partial charge on any atom is 0.128 e. The van der Waals surface area contributed by atoms with Gasteiger partial charge in [0.2, 0.25) is 0 Å². The van der Waals surface area contributed by atoms with E-state index in [0.717, 1.165) is 34.7 Å². The summed E-state index contributed by atoms with van der Waals surface area (Å²) in [5.41, 5.74) is 3.05. The standard InChI is InChI=1S/C15H19ClN2O/c1-5-19-12-6-7-14-13(8-12)17-15(11(4)16)18(14)9-10(2)3/h6-8,11H,2,5,9H2,1,3-4H3. The van der Waals surface area contributed by atoms with E-state index >= 15 is 0 Å². The third-order valence-corrected chi connectivity index (χ3v) is 3.04. The van der Waals surface area contributed by atoms with Crippen LogP contribution in [0.4, 0.5) is 0 Å². The largest absolute Gasteiger partial charge is 0.494 e. The molecule has 0 bridgehead atoms. The molecule has 0 amide bonds. The molecule has 19 heavy (non-hydrogen) atoms. The van der Waals surface area contributed by atoms with Crippen LogP contribution in [0.1, 0.15) is 32.0 Å². The van der Waals surface area contributed by atoms with Crippen LogP contribution in [0.25, 0.3) is 11.0 Å². The number of benzene rings is 1. The van der Waals surface area contributed by atoms with Gasteiger partial charge in [0.1, 0.15) is 11.6 Å². The van der Waals surface area contributed by atoms with Crippen LogP contribution in [0.15, 0.2) is 30.4 Å². The van der Waals surface area contributed by atoms with Crippen LogP contribution in [0.2, 0.25) is 0 Å². The molecular formula is C15H19ClN2O. The number of halogens is 1. The molecule has 102 valence electrons. The molecule has 0 radical (unpaired) electrons. The zero-order valence-corrected chi connectivity index (χ0v) is 12.4. The van der Waals surface area contributed by atoms with Crippen molar-refractivity contribution in [3.8, 4) is 5.75 Å². The van der Waals surface area contributed by atoms with Gasteiger partial charge in [-0.15, -0.1) is 11.6 Å². The summed E-state index contributed by atoms with van der Waals surface area (Å²) in [6.45, 7) is 11.3. The number of hydrogen-bond acceptors (Lipinski definition) is 2. The zero-order chi connectivity index (χ0) is 14.0. The number of ether oxygens (including phenoxy) is 1. The molecule has 3 nitrogen and oxygen atoms in total. The second kappa shape index (κ2) is 5.66. The van der Waals surface area contributed by atoms with Gasteiger partial charge in [-0.1, -0.05) is 12.2 Å². The molecule has 2 rings (SSSR count). The van der Waals surface area contributed by atoms with Crippen LogP contribution < -0.4 is 4.74 Å². The van der Waals surface area contributed by atoms with Crippen molar-refractivity contribution in [1.29, 1.82) is 0 Å². The van der Waals surface area contributed by atoms with Crippen molar-refractivity contribution in [3.63, 3.8) is 0 Å². The van der Waals surface area contributed by atoms with E-state index in [9.17, 15) is 0 Å². The van der Waals surface area contributed by atoms with E-state index in [-0.39, 0.29) is 5.38 Å². The van der Waals surface area contributed by atoms with E-state index in [2.05, 4.69) is 16.1 Å². The zero-order valence-electron chi connectivity index (χ0n) is 11.6. The average Bonchev–Trinajstić information content (AvgIpc) is 2.67. The molecule has 0 spiro atoms. The summed E-state index contributed by atoms with van der Waals surface area (Å²) >= 11 is 6.22. The Morgan fingerprint density at radius 2 is 2.26 bits per heavy atom. The quantitative estimate of drug-likeness (QED) is 0.602. The van der Waals surface area contributed by atoms with Crippen molar-refractivity contribution >= 4 is 22.6 Å². The molecule has 1 aromatic heterocycles. The summed E-state index contributed by atoms with van der Waals surface area (Å²) in [5, 5.41) is -0.137. The van der Waals surface area contributed by atoms with Crippen LogP contribution in [0.3, 0.4) is 0 Å². The molecule has 0 aliphatic heterocycles. The highest BCUT2D eigenvalue weighted by Gasteiger charge is 2.15. The third-order valence-electron chi connectivity index (χ3n) is 2.84. The summed E-state index contributed by atoms with van der Waals surface area (Å²) in [6.07, 6.45) is 0. The van der Waals surface area contributed by atoms with Crippen LogP contribution in [-0.2, 0) is 6.54 Å². The number of aromatic nitrogens is 2. The van der Waals surface area contributed by atoms with Gasteiger partial charge in [0.05, 0.1) is 23.0 Å². The lowest BCUT2D eigenvalue weighted by molar-refractivity contribution is 0.340. The van der Waals surface area contributed by atoms with E-state index in [0.29, 0.717) is 6.61 Å². The lowest BCUT2D eigenvalue weighted by Gasteiger charge is -2.10. The molecule has 0 saturated carbocycles. The average molecular weight is 279 g/mol. The second-order valence-electron chi connectivity index (χ2n) is 4.71. The number of allylic oxidation sites excluding steroid dienone is 1. The van der Waals surface area contributed by atoms with Crippen molar-refractivity contribution in [2.24, 2.45) is 0 Å². The van der Waals surface area contributed by atoms with Gasteiger partial charge in [0, 0.05) is 12.6 Å². The molecule has 1 atom stereocenters. The fraction of sp³-hybridized carbons (Fsp3) is 0.400. The van der Waals surface area contributed by atoms with Gasteiger partial charge in [-0.3, -0.25) is 0 Å². The predicted octanol–water partition coefficient (Wildman–Crippen LogP) is 4.31. The summed E-state index contributed by atoms with van der Waals surface area (Å²) < 4.78 is 7.62. The Morgan fingerprint density at radius 3 is 2.84 bits per heavy atom. The summed E-state index contributed by atoms with van der Waals surface area (Å²) in [6, 6.07) is 5.95. The summed E-state index contributed by atoms with van der Waals surface area (Å²) in [7, 11) is 0. The molecule has 1 aromatic carbocycles. The van der Waals surface area contributed by atoms with Crippen LogP contribution in [0.5, 0.6) is 5.75 Å². The van der Waals surface area contributed by atoms with Crippen molar-refractivity contribution in [2.75, 3.05) is 6.61 Å². The summed E-state index contributed by atoms with van der Waals surface area (Å²) in [5.74, 6) is 1.71. The van der Waals surface area contributed by atoms with E-state index in [1.807, 2.05) is 39.0 Å². The lowest BCUT2D eigenvalue weighted by atomic mass is 10.2. The Hall–Kier alpha value is -1.48. The van der Waals surface area contributed by atoms with Gasteiger partial charge in [-0.05, 0) is 32.9 Å². The predicted molar refractivity (Wildman–Crippen MR) is 80.0 cm³/mol. The molecule has 2 aromatic rings. The minimum absolute atomic E-state index is 0.137. The third kappa shape index (κ3) is 2.92. The van der Waals surface area contributed by atoms with Gasteiger partial charge in [0.15, 0.2) is 0 Å². The number of fused-ring (bicyclic) bond motifs is 1. The Bertz CT molecular complexity index is 601. The summed E-state index contributed by atoms with van der Waals surface area (Å²) in [4.78, 5) is 4.62. The van der Waals surface area contributed by atoms with E-state index in [1.165, 1.54) is 0 Å². The SMILES string of the molecule is C=C(C)Cn1c(C(C)Cl)nc2cc(OCC)ccc21. The smallest absolute Gasteiger partial charge is 0.128 e. The van der Waals surface area contributed by atoms with E-state index < -0.39 is 0 Å². The number of alkyl halides is 1. The highest BCUT2D eigenvalue weighted by atomic mass is 35.5. The Morgan fingerprint density at radius 1 is 1.53 bits per heavy atom. The Labute approximate surface area is 118 Å². The number of hydrogen-bond donors (Lipinski definition) is 0. The number of imidazole rings is 1. The van der Waals surface area contributed by atoms with Gasteiger partial charge < -0.3 is 9.30 Å². The van der Waals surface area contributed by atoms with Crippen molar-refractivity contribution in [2.45, 2.75) is 32.7 Å². The Kier molecular flexibility index (Phi) is 4.15. The van der Waals surface area contributed by atoms with Gasteiger partial charge >= 0.3 is 0 Å². The molecule has 0 N–H and O–H groups in total. The van der Waals surface area contributed by atoms with Crippen LogP contribution in [-0.4, -0.2) is 16.2 Å². The topological polar surface area (TPSA) is 27.1 Å². The molecule has 0 aliphatic carbocycles. The van der Waals surface area contributed by atoms with Gasteiger partial charge in [-0.2, -0.15) is 0 Å². The lowest BCUT2D eigenvalue weighted by Crippen LogP contribution is -2.05. The van der Waals surface area contributed by atoms with Crippen LogP contribution >= 0.6 is 11.6 Å².